The summed E-state index contributed by atoms with van der Waals surface area (Å²) in [4.78, 5) is 25.0. The second-order valence-corrected chi connectivity index (χ2v) is 5.97. The highest BCUT2D eigenvalue weighted by Crippen LogP contribution is 2.20. The van der Waals surface area contributed by atoms with Crippen LogP contribution < -0.4 is 10.6 Å². The van der Waals surface area contributed by atoms with Gasteiger partial charge < -0.3 is 15.5 Å². The van der Waals surface area contributed by atoms with Crippen LogP contribution in [0.2, 0.25) is 5.02 Å². The molecule has 0 saturated carbocycles. The Balaban J connectivity index is 2.56. The van der Waals surface area contributed by atoms with Gasteiger partial charge in [0.05, 0.1) is 10.7 Å². The lowest BCUT2D eigenvalue weighted by Crippen LogP contribution is -2.47. The highest BCUT2D eigenvalue weighted by molar-refractivity contribution is 6.33. The Hall–Kier alpha value is -1.75. The first kappa shape index (κ1) is 16.3. The number of rotatable bonds is 3. The van der Waals surface area contributed by atoms with E-state index in [9.17, 15) is 9.59 Å². The van der Waals surface area contributed by atoms with Gasteiger partial charge in [-0.1, -0.05) is 23.7 Å². The Morgan fingerprint density at radius 1 is 1.25 bits per heavy atom. The van der Waals surface area contributed by atoms with Gasteiger partial charge in [0.2, 0.25) is 5.91 Å². The van der Waals surface area contributed by atoms with Crippen molar-refractivity contribution in [1.82, 2.24) is 10.2 Å². The fourth-order valence-corrected chi connectivity index (χ4v) is 1.70. The number of para-hydroxylation sites is 1. The summed E-state index contributed by atoms with van der Waals surface area (Å²) in [5.74, 6) is -0.214. The van der Waals surface area contributed by atoms with Crippen LogP contribution in [0.15, 0.2) is 24.3 Å². The lowest BCUT2D eigenvalue weighted by molar-refractivity contribution is -0.122. The zero-order chi connectivity index (χ0) is 15.3. The monoisotopic (exact) mass is 297 g/mol. The molecule has 0 bridgehead atoms. The van der Waals surface area contributed by atoms with Gasteiger partial charge in [-0.25, -0.2) is 4.79 Å². The first-order valence-corrected chi connectivity index (χ1v) is 6.64. The molecule has 20 heavy (non-hydrogen) atoms. The summed E-state index contributed by atoms with van der Waals surface area (Å²) >= 11 is 5.95. The number of hydrogen-bond donors (Lipinski definition) is 2. The SMILES string of the molecule is CN(CC(=O)NC(C)(C)C)C(=O)Nc1ccccc1Cl. The molecule has 1 aromatic rings. The molecule has 0 fully saturated rings. The standard InChI is InChI=1S/C14H20ClN3O2/c1-14(2,3)17-12(19)9-18(4)13(20)16-11-8-6-5-7-10(11)15/h5-8H,9H2,1-4H3,(H,16,20)(H,17,19). The summed E-state index contributed by atoms with van der Waals surface area (Å²) in [6.07, 6.45) is 0. The number of nitrogens with zero attached hydrogens (tertiary/aromatic N) is 1. The molecule has 0 radical (unpaired) electrons. The fraction of sp³-hybridized carbons (Fsp3) is 0.429. The third-order valence-corrected chi connectivity index (χ3v) is 2.69. The summed E-state index contributed by atoms with van der Waals surface area (Å²) in [6.45, 7) is 5.63. The van der Waals surface area contributed by atoms with E-state index in [0.29, 0.717) is 10.7 Å². The van der Waals surface area contributed by atoms with E-state index in [1.54, 1.807) is 31.3 Å². The van der Waals surface area contributed by atoms with Crippen LogP contribution in [0.3, 0.4) is 0 Å². The molecule has 110 valence electrons. The molecule has 0 saturated heterocycles. The first-order valence-electron chi connectivity index (χ1n) is 6.27. The van der Waals surface area contributed by atoms with E-state index in [1.165, 1.54) is 4.90 Å². The highest BCUT2D eigenvalue weighted by atomic mass is 35.5. The number of nitrogens with one attached hydrogen (secondary N) is 2. The largest absolute Gasteiger partial charge is 0.350 e. The van der Waals surface area contributed by atoms with Gasteiger partial charge in [-0.05, 0) is 32.9 Å². The lowest BCUT2D eigenvalue weighted by Gasteiger charge is -2.23. The molecule has 0 atom stereocenters. The molecule has 1 aromatic carbocycles. The van der Waals surface area contributed by atoms with Gasteiger partial charge >= 0.3 is 6.03 Å². The maximum atomic E-state index is 11.9. The molecule has 0 heterocycles. The normalized spacial score (nSPS) is 10.8. The average Bonchev–Trinajstić information content (AvgIpc) is 2.29. The Labute approximate surface area is 124 Å². The van der Waals surface area contributed by atoms with Gasteiger partial charge in [-0.15, -0.1) is 0 Å². The predicted octanol–water partition coefficient (Wildman–Crippen LogP) is 2.72. The van der Waals surface area contributed by atoms with Crippen LogP contribution in [0, 0.1) is 0 Å². The van der Waals surface area contributed by atoms with Crippen molar-refractivity contribution in [3.8, 4) is 0 Å². The van der Waals surface area contributed by atoms with Crippen molar-refractivity contribution in [1.29, 1.82) is 0 Å². The van der Waals surface area contributed by atoms with Crippen LogP contribution in [-0.2, 0) is 4.79 Å². The van der Waals surface area contributed by atoms with Gasteiger partial charge in [-0.2, -0.15) is 0 Å². The van der Waals surface area contributed by atoms with E-state index in [2.05, 4.69) is 10.6 Å². The minimum Gasteiger partial charge on any atom is -0.350 e. The molecule has 0 spiro atoms. The maximum Gasteiger partial charge on any atom is 0.322 e. The average molecular weight is 298 g/mol. The number of carbonyl (C=O) groups is 2. The zero-order valence-corrected chi connectivity index (χ0v) is 12.9. The molecular formula is C14H20ClN3O2. The number of likely N-dealkylation sites (N-methyl/N-ethyl adjacent to an activating group) is 1. The Bertz CT molecular complexity index is 497. The predicted molar refractivity (Wildman–Crippen MR) is 81.0 cm³/mol. The summed E-state index contributed by atoms with van der Waals surface area (Å²) in [6, 6.07) is 6.54. The summed E-state index contributed by atoms with van der Waals surface area (Å²) in [5.41, 5.74) is 0.194. The minimum atomic E-state index is -0.387. The smallest absolute Gasteiger partial charge is 0.322 e. The van der Waals surface area contributed by atoms with E-state index in [0.717, 1.165) is 0 Å². The van der Waals surface area contributed by atoms with Gasteiger partial charge in [0.1, 0.15) is 6.54 Å². The van der Waals surface area contributed by atoms with Crippen molar-refractivity contribution in [2.75, 3.05) is 18.9 Å². The number of carbonyl (C=O) groups excluding carboxylic acids is 2. The van der Waals surface area contributed by atoms with Gasteiger partial charge in [0, 0.05) is 12.6 Å². The molecule has 0 unspecified atom stereocenters. The van der Waals surface area contributed by atoms with Crippen molar-refractivity contribution in [2.24, 2.45) is 0 Å². The van der Waals surface area contributed by atoms with Crippen molar-refractivity contribution in [3.63, 3.8) is 0 Å². The van der Waals surface area contributed by atoms with Gasteiger partial charge in [-0.3, -0.25) is 4.79 Å². The molecule has 0 aliphatic carbocycles. The third-order valence-electron chi connectivity index (χ3n) is 2.36. The second kappa shape index (κ2) is 6.61. The minimum absolute atomic E-state index is 0.0203. The molecule has 2 N–H and O–H groups in total. The molecule has 0 aromatic heterocycles. The molecular weight excluding hydrogens is 278 g/mol. The summed E-state index contributed by atoms with van der Waals surface area (Å²) in [5, 5.41) is 5.90. The van der Waals surface area contributed by atoms with Gasteiger partial charge in [0.15, 0.2) is 0 Å². The van der Waals surface area contributed by atoms with E-state index in [-0.39, 0.29) is 24.0 Å². The van der Waals surface area contributed by atoms with Crippen LogP contribution in [0.4, 0.5) is 10.5 Å². The van der Waals surface area contributed by atoms with Crippen LogP contribution in [0.5, 0.6) is 0 Å². The van der Waals surface area contributed by atoms with Crippen molar-refractivity contribution in [2.45, 2.75) is 26.3 Å². The number of hydrogen-bond acceptors (Lipinski definition) is 2. The zero-order valence-electron chi connectivity index (χ0n) is 12.2. The Morgan fingerprint density at radius 2 is 1.85 bits per heavy atom. The molecule has 0 aliphatic heterocycles. The van der Waals surface area contributed by atoms with Crippen molar-refractivity contribution < 1.29 is 9.59 Å². The van der Waals surface area contributed by atoms with E-state index >= 15 is 0 Å². The summed E-state index contributed by atoms with van der Waals surface area (Å²) < 4.78 is 0. The van der Waals surface area contributed by atoms with Crippen LogP contribution >= 0.6 is 11.6 Å². The molecule has 6 heteroatoms. The fourth-order valence-electron chi connectivity index (χ4n) is 1.52. The Morgan fingerprint density at radius 3 is 2.40 bits per heavy atom. The number of urea groups is 1. The molecule has 0 aliphatic rings. The third kappa shape index (κ3) is 5.48. The Kier molecular flexibility index (Phi) is 5.39. The number of halogens is 1. The highest BCUT2D eigenvalue weighted by Gasteiger charge is 2.18. The van der Waals surface area contributed by atoms with Crippen molar-refractivity contribution >= 4 is 29.2 Å². The van der Waals surface area contributed by atoms with Crippen LogP contribution in [0.25, 0.3) is 0 Å². The maximum absolute atomic E-state index is 11.9. The number of anilines is 1. The van der Waals surface area contributed by atoms with E-state index < -0.39 is 0 Å². The first-order chi connectivity index (χ1) is 9.19. The van der Waals surface area contributed by atoms with Crippen LogP contribution in [-0.4, -0.2) is 36.0 Å². The van der Waals surface area contributed by atoms with Gasteiger partial charge in [0.25, 0.3) is 0 Å². The van der Waals surface area contributed by atoms with E-state index in [1.807, 2.05) is 20.8 Å². The molecule has 3 amide bonds. The number of benzene rings is 1. The molecule has 1 rings (SSSR count). The lowest BCUT2D eigenvalue weighted by atomic mass is 10.1. The second-order valence-electron chi connectivity index (χ2n) is 5.56. The molecule has 5 nitrogen and oxygen atoms in total. The van der Waals surface area contributed by atoms with Crippen molar-refractivity contribution in [3.05, 3.63) is 29.3 Å². The number of amides is 3. The summed E-state index contributed by atoms with van der Waals surface area (Å²) in [7, 11) is 1.55. The topological polar surface area (TPSA) is 61.4 Å². The van der Waals surface area contributed by atoms with E-state index in [4.69, 9.17) is 11.6 Å². The quantitative estimate of drug-likeness (QED) is 0.901. The van der Waals surface area contributed by atoms with Crippen LogP contribution in [0.1, 0.15) is 20.8 Å².